The van der Waals surface area contributed by atoms with Crippen LogP contribution in [0.2, 0.25) is 10.0 Å². The number of hydrogen-bond acceptors (Lipinski definition) is 5. The van der Waals surface area contributed by atoms with E-state index in [4.69, 9.17) is 32.7 Å². The first-order chi connectivity index (χ1) is 16.3. The molecular formula is C26H21Cl2NO5. The first-order valence-corrected chi connectivity index (χ1v) is 11.1. The summed E-state index contributed by atoms with van der Waals surface area (Å²) in [5.74, 6) is -1.10. The molecule has 0 spiro atoms. The van der Waals surface area contributed by atoms with Crippen molar-refractivity contribution in [3.8, 4) is 11.5 Å². The highest BCUT2D eigenvalue weighted by molar-refractivity contribution is 6.51. The van der Waals surface area contributed by atoms with E-state index in [0.29, 0.717) is 17.0 Å². The van der Waals surface area contributed by atoms with E-state index in [9.17, 15) is 14.7 Å². The second-order valence-electron chi connectivity index (χ2n) is 7.75. The van der Waals surface area contributed by atoms with Crippen molar-refractivity contribution < 1.29 is 24.2 Å². The summed E-state index contributed by atoms with van der Waals surface area (Å²) in [6, 6.07) is 16.2. The molecule has 0 aliphatic carbocycles. The van der Waals surface area contributed by atoms with Crippen LogP contribution in [0.1, 0.15) is 22.7 Å². The Morgan fingerprint density at radius 3 is 2.03 bits per heavy atom. The first kappa shape index (κ1) is 23.7. The summed E-state index contributed by atoms with van der Waals surface area (Å²) in [4.78, 5) is 27.8. The van der Waals surface area contributed by atoms with Crippen molar-refractivity contribution in [2.45, 2.75) is 13.0 Å². The van der Waals surface area contributed by atoms with Gasteiger partial charge in [0.1, 0.15) is 11.5 Å². The number of nitrogens with zero attached hydrogens (tertiary/aromatic N) is 1. The molecule has 3 aromatic rings. The molecular weight excluding hydrogens is 477 g/mol. The Kier molecular flexibility index (Phi) is 6.55. The third kappa shape index (κ3) is 4.11. The average Bonchev–Trinajstić information content (AvgIpc) is 3.09. The highest BCUT2D eigenvalue weighted by Crippen LogP contribution is 2.44. The van der Waals surface area contributed by atoms with Gasteiger partial charge in [0.2, 0.25) is 0 Å². The van der Waals surface area contributed by atoms with E-state index >= 15 is 0 Å². The Bertz CT molecular complexity index is 1280. The number of hydrogen-bond donors (Lipinski definition) is 1. The predicted octanol–water partition coefficient (Wildman–Crippen LogP) is 5.95. The van der Waals surface area contributed by atoms with Gasteiger partial charge in [-0.3, -0.25) is 14.5 Å². The molecule has 1 aliphatic heterocycles. The molecule has 4 rings (SSSR count). The van der Waals surface area contributed by atoms with Gasteiger partial charge in [-0.25, -0.2) is 0 Å². The Hall–Kier alpha value is -3.48. The van der Waals surface area contributed by atoms with E-state index in [-0.39, 0.29) is 32.7 Å². The molecule has 1 aliphatic rings. The van der Waals surface area contributed by atoms with Crippen LogP contribution in [0, 0.1) is 6.92 Å². The smallest absolute Gasteiger partial charge is 0.300 e. The molecule has 1 N–H and O–H groups in total. The Morgan fingerprint density at radius 1 is 0.912 bits per heavy atom. The second-order valence-corrected chi connectivity index (χ2v) is 8.57. The number of anilines is 1. The summed E-state index contributed by atoms with van der Waals surface area (Å²) in [5, 5.41) is 11.6. The van der Waals surface area contributed by atoms with Crippen molar-refractivity contribution in [2.75, 3.05) is 19.1 Å². The van der Waals surface area contributed by atoms with Gasteiger partial charge >= 0.3 is 0 Å². The van der Waals surface area contributed by atoms with E-state index in [0.717, 1.165) is 5.56 Å². The van der Waals surface area contributed by atoms with Crippen molar-refractivity contribution in [1.82, 2.24) is 0 Å². The number of methoxy groups -OCH3 is 2. The molecule has 1 unspecified atom stereocenters. The molecule has 3 aromatic carbocycles. The van der Waals surface area contributed by atoms with Gasteiger partial charge in [-0.2, -0.15) is 0 Å². The van der Waals surface area contributed by atoms with Crippen LogP contribution in [0.3, 0.4) is 0 Å². The maximum absolute atomic E-state index is 13.2. The lowest BCUT2D eigenvalue weighted by Gasteiger charge is -2.25. The zero-order valence-electron chi connectivity index (χ0n) is 18.6. The molecule has 0 radical (unpaired) electrons. The Labute approximate surface area is 206 Å². The molecule has 0 saturated carbocycles. The molecule has 1 fully saturated rings. The summed E-state index contributed by atoms with van der Waals surface area (Å²) in [7, 11) is 2.97. The Morgan fingerprint density at radius 2 is 1.50 bits per heavy atom. The molecule has 6 nitrogen and oxygen atoms in total. The van der Waals surface area contributed by atoms with Crippen LogP contribution in [0.5, 0.6) is 11.5 Å². The van der Waals surface area contributed by atoms with Gasteiger partial charge in [-0.15, -0.1) is 0 Å². The van der Waals surface area contributed by atoms with Crippen molar-refractivity contribution in [3.05, 3.63) is 93.0 Å². The van der Waals surface area contributed by atoms with E-state index < -0.39 is 17.7 Å². The van der Waals surface area contributed by atoms with E-state index in [1.165, 1.54) is 24.1 Å². The predicted molar refractivity (Wildman–Crippen MR) is 132 cm³/mol. The van der Waals surface area contributed by atoms with Gasteiger partial charge in [0.25, 0.3) is 11.7 Å². The standard InChI is InChI=1S/C26H21Cl2NO5/c1-14-4-8-17(9-5-14)29-22(15-6-10-18(33-2)11-7-15)21(24(31)26(29)32)23(30)16-12-19(27)25(34-3)20(28)13-16/h4-13,22,30H,1-3H3/b23-21+. The zero-order chi connectivity index (χ0) is 24.6. The van der Waals surface area contributed by atoms with Crippen LogP contribution in [-0.4, -0.2) is 31.0 Å². The molecule has 34 heavy (non-hydrogen) atoms. The highest BCUT2D eigenvalue weighted by Gasteiger charge is 2.47. The molecule has 174 valence electrons. The molecule has 8 heteroatoms. The zero-order valence-corrected chi connectivity index (χ0v) is 20.1. The second kappa shape index (κ2) is 9.41. The third-order valence-corrected chi connectivity index (χ3v) is 6.23. The monoisotopic (exact) mass is 497 g/mol. The van der Waals surface area contributed by atoms with Crippen LogP contribution >= 0.6 is 23.2 Å². The summed E-state index contributed by atoms with van der Waals surface area (Å²) >= 11 is 12.5. The Balaban J connectivity index is 1.94. The van der Waals surface area contributed by atoms with Gasteiger partial charge in [0.15, 0.2) is 5.75 Å². The van der Waals surface area contributed by atoms with Crippen molar-refractivity contribution in [3.63, 3.8) is 0 Å². The number of Topliss-reactive ketones (excluding diaryl/α,β-unsaturated/α-hetero) is 1. The van der Waals surface area contributed by atoms with Crippen LogP contribution in [0.25, 0.3) is 5.76 Å². The number of rotatable bonds is 5. The lowest BCUT2D eigenvalue weighted by atomic mass is 9.95. The number of ketones is 1. The van der Waals surface area contributed by atoms with Crippen LogP contribution < -0.4 is 14.4 Å². The van der Waals surface area contributed by atoms with Crippen molar-refractivity contribution >= 4 is 46.3 Å². The summed E-state index contributed by atoms with van der Waals surface area (Å²) in [6.07, 6.45) is 0. The molecule has 1 atom stereocenters. The largest absolute Gasteiger partial charge is 0.507 e. The maximum Gasteiger partial charge on any atom is 0.300 e. The van der Waals surface area contributed by atoms with Gasteiger partial charge in [-0.05, 0) is 48.9 Å². The fraction of sp³-hybridized carbons (Fsp3) is 0.154. The van der Waals surface area contributed by atoms with Crippen LogP contribution in [0.15, 0.2) is 66.2 Å². The fourth-order valence-corrected chi connectivity index (χ4v) is 4.59. The van der Waals surface area contributed by atoms with E-state index in [1.54, 1.807) is 43.5 Å². The SMILES string of the molecule is COc1ccc(C2/C(=C(\O)c3cc(Cl)c(OC)c(Cl)c3)C(=O)C(=O)N2c2ccc(C)cc2)cc1. The van der Waals surface area contributed by atoms with Gasteiger partial charge in [0.05, 0.1) is 35.9 Å². The molecule has 0 aromatic heterocycles. The molecule has 0 bridgehead atoms. The number of amides is 1. The quantitative estimate of drug-likeness (QED) is 0.268. The first-order valence-electron chi connectivity index (χ1n) is 10.3. The summed E-state index contributed by atoms with van der Waals surface area (Å²) in [6.45, 7) is 1.93. The van der Waals surface area contributed by atoms with Crippen molar-refractivity contribution in [2.24, 2.45) is 0 Å². The average molecular weight is 498 g/mol. The lowest BCUT2D eigenvalue weighted by Crippen LogP contribution is -2.29. The number of halogens is 2. The van der Waals surface area contributed by atoms with Crippen molar-refractivity contribution in [1.29, 1.82) is 0 Å². The highest BCUT2D eigenvalue weighted by atomic mass is 35.5. The number of carbonyl (C=O) groups excluding carboxylic acids is 2. The molecule has 1 heterocycles. The maximum atomic E-state index is 13.2. The minimum absolute atomic E-state index is 0.0759. The topological polar surface area (TPSA) is 76.1 Å². The molecule has 1 saturated heterocycles. The minimum Gasteiger partial charge on any atom is -0.507 e. The van der Waals surface area contributed by atoms with Crippen LogP contribution in [0.4, 0.5) is 5.69 Å². The third-order valence-electron chi connectivity index (χ3n) is 5.66. The summed E-state index contributed by atoms with van der Waals surface area (Å²) in [5.41, 5.74) is 2.26. The molecule has 1 amide bonds. The summed E-state index contributed by atoms with van der Waals surface area (Å²) < 4.78 is 10.4. The van der Waals surface area contributed by atoms with Gasteiger partial charge in [-0.1, -0.05) is 53.0 Å². The van der Waals surface area contributed by atoms with Gasteiger partial charge < -0.3 is 14.6 Å². The number of aliphatic hydroxyl groups is 1. The minimum atomic E-state index is -0.881. The fourth-order valence-electron chi connectivity index (χ4n) is 3.95. The number of ether oxygens (including phenoxy) is 2. The number of carbonyl (C=O) groups is 2. The lowest BCUT2D eigenvalue weighted by molar-refractivity contribution is -0.132. The van der Waals surface area contributed by atoms with E-state index in [2.05, 4.69) is 0 Å². The normalized spacial score (nSPS) is 17.2. The van der Waals surface area contributed by atoms with Gasteiger partial charge in [0, 0.05) is 11.3 Å². The number of benzene rings is 3. The number of aryl methyl sites for hydroxylation is 1. The van der Waals surface area contributed by atoms with E-state index in [1.807, 2.05) is 19.1 Å². The number of aliphatic hydroxyl groups excluding tert-OH is 1. The van der Waals surface area contributed by atoms with Crippen LogP contribution in [-0.2, 0) is 9.59 Å².